The van der Waals surface area contributed by atoms with E-state index in [0.29, 0.717) is 18.4 Å². The van der Waals surface area contributed by atoms with Gasteiger partial charge in [-0.05, 0) is 6.07 Å². The summed E-state index contributed by atoms with van der Waals surface area (Å²) in [5.41, 5.74) is 0. The van der Waals surface area contributed by atoms with Gasteiger partial charge < -0.3 is 9.47 Å². The zero-order chi connectivity index (χ0) is 8.39. The van der Waals surface area contributed by atoms with Crippen LogP contribution in [0, 0.1) is 0 Å². The lowest BCUT2D eigenvalue weighted by Gasteiger charge is -2.26. The monoisotopic (exact) mass is 185 g/mol. The first-order valence-electron chi connectivity index (χ1n) is 3.70. The smallest absolute Gasteiger partial charge is 0.145 e. The Labute approximate surface area is 75.3 Å². The molecule has 0 atom stereocenters. The summed E-state index contributed by atoms with van der Waals surface area (Å²) in [6, 6.07) is 3.48. The first-order chi connectivity index (χ1) is 5.84. The Kier molecular flexibility index (Phi) is 2.15. The van der Waals surface area contributed by atoms with Gasteiger partial charge in [0.05, 0.1) is 13.2 Å². The molecule has 0 amide bonds. The van der Waals surface area contributed by atoms with Crippen LogP contribution in [0.2, 0.25) is 5.15 Å². The molecule has 4 heteroatoms. The maximum absolute atomic E-state index is 5.67. The molecule has 0 N–H and O–H groups in total. The Morgan fingerprint density at radius 1 is 1.58 bits per heavy atom. The highest BCUT2D eigenvalue weighted by molar-refractivity contribution is 6.29. The number of aromatic nitrogens is 1. The minimum absolute atomic E-state index is 0.184. The lowest BCUT2D eigenvalue weighted by atomic mass is 10.3. The maximum atomic E-state index is 5.67. The number of hydrogen-bond acceptors (Lipinski definition) is 3. The van der Waals surface area contributed by atoms with Crippen molar-refractivity contribution in [2.24, 2.45) is 0 Å². The molecule has 0 radical (unpaired) electrons. The summed E-state index contributed by atoms with van der Waals surface area (Å²) in [7, 11) is 0. The molecule has 0 unspecified atom stereocenters. The maximum Gasteiger partial charge on any atom is 0.145 e. The Morgan fingerprint density at radius 2 is 2.42 bits per heavy atom. The van der Waals surface area contributed by atoms with E-state index in [0.717, 1.165) is 5.75 Å². The number of rotatable bonds is 2. The van der Waals surface area contributed by atoms with Crippen LogP contribution in [-0.4, -0.2) is 24.3 Å². The molecule has 2 rings (SSSR count). The van der Waals surface area contributed by atoms with Crippen molar-refractivity contribution in [2.75, 3.05) is 13.2 Å². The topological polar surface area (TPSA) is 31.4 Å². The normalized spacial score (nSPS) is 17.1. The summed E-state index contributed by atoms with van der Waals surface area (Å²) in [5, 5.41) is 0.452. The van der Waals surface area contributed by atoms with Crippen LogP contribution >= 0.6 is 11.6 Å². The van der Waals surface area contributed by atoms with Crippen LogP contribution in [0.4, 0.5) is 0 Å². The van der Waals surface area contributed by atoms with Crippen LogP contribution < -0.4 is 4.74 Å². The highest BCUT2D eigenvalue weighted by Crippen LogP contribution is 2.18. The molecule has 64 valence electrons. The van der Waals surface area contributed by atoms with Crippen molar-refractivity contribution < 1.29 is 9.47 Å². The van der Waals surface area contributed by atoms with E-state index in [1.54, 1.807) is 18.3 Å². The zero-order valence-electron chi connectivity index (χ0n) is 6.37. The fourth-order valence-corrected chi connectivity index (χ4v) is 1.10. The van der Waals surface area contributed by atoms with E-state index < -0.39 is 0 Å². The molecule has 0 spiro atoms. The summed E-state index contributed by atoms with van der Waals surface area (Å²) in [6.45, 7) is 1.33. The van der Waals surface area contributed by atoms with Crippen LogP contribution in [0.1, 0.15) is 0 Å². The summed E-state index contributed by atoms with van der Waals surface area (Å²) >= 11 is 5.67. The van der Waals surface area contributed by atoms with Crippen molar-refractivity contribution in [1.82, 2.24) is 4.98 Å². The lowest BCUT2D eigenvalue weighted by Crippen LogP contribution is -2.38. The number of ether oxygens (including phenoxy) is 2. The van der Waals surface area contributed by atoms with Gasteiger partial charge in [-0.3, -0.25) is 0 Å². The SMILES string of the molecule is Clc1cc(OC2COC2)ccn1. The van der Waals surface area contributed by atoms with Crippen molar-refractivity contribution in [3.8, 4) is 5.75 Å². The second-order valence-corrected chi connectivity index (χ2v) is 2.98. The Bertz CT molecular complexity index is 276. The minimum atomic E-state index is 0.184. The predicted molar refractivity (Wildman–Crippen MR) is 44.5 cm³/mol. The molecule has 0 saturated carbocycles. The van der Waals surface area contributed by atoms with E-state index in [2.05, 4.69) is 4.98 Å². The van der Waals surface area contributed by atoms with Crippen LogP contribution in [0.5, 0.6) is 5.75 Å². The van der Waals surface area contributed by atoms with E-state index in [-0.39, 0.29) is 6.10 Å². The Balaban J connectivity index is 2.02. The molecule has 12 heavy (non-hydrogen) atoms. The van der Waals surface area contributed by atoms with Crippen molar-refractivity contribution in [2.45, 2.75) is 6.10 Å². The van der Waals surface area contributed by atoms with Crippen LogP contribution in [-0.2, 0) is 4.74 Å². The highest BCUT2D eigenvalue weighted by Gasteiger charge is 2.19. The quantitative estimate of drug-likeness (QED) is 0.655. The van der Waals surface area contributed by atoms with Crippen LogP contribution in [0.3, 0.4) is 0 Å². The molecule has 1 saturated heterocycles. The highest BCUT2D eigenvalue weighted by atomic mass is 35.5. The third-order valence-corrected chi connectivity index (χ3v) is 1.81. The Hall–Kier alpha value is -0.800. The molecule has 1 aliphatic heterocycles. The van der Waals surface area contributed by atoms with Gasteiger partial charge in [0.2, 0.25) is 0 Å². The number of halogens is 1. The number of hydrogen-bond donors (Lipinski definition) is 0. The molecule has 0 aromatic carbocycles. The number of nitrogens with zero attached hydrogens (tertiary/aromatic N) is 1. The lowest BCUT2D eigenvalue weighted by molar-refractivity contribution is -0.0797. The van der Waals surface area contributed by atoms with E-state index in [4.69, 9.17) is 21.1 Å². The number of pyridine rings is 1. The molecular weight excluding hydrogens is 178 g/mol. The first-order valence-corrected chi connectivity index (χ1v) is 4.08. The third-order valence-electron chi connectivity index (χ3n) is 1.61. The molecule has 1 aromatic rings. The fourth-order valence-electron chi connectivity index (χ4n) is 0.933. The second kappa shape index (κ2) is 3.29. The van der Waals surface area contributed by atoms with E-state index in [1.165, 1.54) is 0 Å². The first kappa shape index (κ1) is 7.83. The van der Waals surface area contributed by atoms with Crippen molar-refractivity contribution in [3.63, 3.8) is 0 Å². The van der Waals surface area contributed by atoms with Gasteiger partial charge in [0.15, 0.2) is 0 Å². The van der Waals surface area contributed by atoms with Gasteiger partial charge in [0.25, 0.3) is 0 Å². The van der Waals surface area contributed by atoms with E-state index in [9.17, 15) is 0 Å². The van der Waals surface area contributed by atoms with Gasteiger partial charge in [-0.2, -0.15) is 0 Å². The van der Waals surface area contributed by atoms with Gasteiger partial charge >= 0.3 is 0 Å². The summed E-state index contributed by atoms with van der Waals surface area (Å²) < 4.78 is 10.4. The van der Waals surface area contributed by atoms with Crippen LogP contribution in [0.15, 0.2) is 18.3 Å². The van der Waals surface area contributed by atoms with E-state index in [1.807, 2.05) is 0 Å². The Morgan fingerprint density at radius 3 is 3.00 bits per heavy atom. The van der Waals surface area contributed by atoms with Crippen molar-refractivity contribution in [1.29, 1.82) is 0 Å². The second-order valence-electron chi connectivity index (χ2n) is 2.59. The molecule has 1 aliphatic rings. The van der Waals surface area contributed by atoms with Crippen molar-refractivity contribution >= 4 is 11.6 Å². The summed E-state index contributed by atoms with van der Waals surface area (Å²) in [6.07, 6.45) is 1.81. The van der Waals surface area contributed by atoms with Gasteiger partial charge in [-0.15, -0.1) is 0 Å². The van der Waals surface area contributed by atoms with Crippen LogP contribution in [0.25, 0.3) is 0 Å². The van der Waals surface area contributed by atoms with Gasteiger partial charge in [0.1, 0.15) is 17.0 Å². The standard InChI is InChI=1S/C8H8ClNO2/c9-8-3-6(1-2-10-8)12-7-4-11-5-7/h1-3,7H,4-5H2. The zero-order valence-corrected chi connectivity index (χ0v) is 7.12. The summed E-state index contributed by atoms with van der Waals surface area (Å²) in [4.78, 5) is 3.85. The molecule has 3 nitrogen and oxygen atoms in total. The van der Waals surface area contributed by atoms with E-state index >= 15 is 0 Å². The molecule has 2 heterocycles. The average molecular weight is 186 g/mol. The molecular formula is C8H8ClNO2. The molecule has 1 fully saturated rings. The van der Waals surface area contributed by atoms with Gasteiger partial charge in [-0.25, -0.2) is 4.98 Å². The largest absolute Gasteiger partial charge is 0.485 e. The molecule has 0 aliphatic carbocycles. The minimum Gasteiger partial charge on any atom is -0.485 e. The molecule has 0 bridgehead atoms. The van der Waals surface area contributed by atoms with Gasteiger partial charge in [0, 0.05) is 12.3 Å². The van der Waals surface area contributed by atoms with Crippen molar-refractivity contribution in [3.05, 3.63) is 23.5 Å². The predicted octanol–water partition coefficient (Wildman–Crippen LogP) is 1.51. The molecule has 1 aromatic heterocycles. The fraction of sp³-hybridized carbons (Fsp3) is 0.375. The summed E-state index contributed by atoms with van der Waals surface area (Å²) in [5.74, 6) is 0.753. The third kappa shape index (κ3) is 1.68. The van der Waals surface area contributed by atoms with Gasteiger partial charge in [-0.1, -0.05) is 11.6 Å². The average Bonchev–Trinajstić information content (AvgIpc) is 1.97.